The van der Waals surface area contributed by atoms with E-state index in [-0.39, 0.29) is 29.2 Å². The number of amides is 1. The Morgan fingerprint density at radius 2 is 1.62 bits per heavy atom. The van der Waals surface area contributed by atoms with Crippen molar-refractivity contribution in [2.45, 2.75) is 25.7 Å². The zero-order valence-corrected chi connectivity index (χ0v) is 31.3. The number of aromatic amines is 1. The maximum absolute atomic E-state index is 14.8. The molecule has 0 atom stereocenters. The quantitative estimate of drug-likeness (QED) is 0.124. The average Bonchev–Trinajstić information content (AvgIpc) is 3.81. The molecule has 56 heavy (non-hydrogen) atoms. The summed E-state index contributed by atoms with van der Waals surface area (Å²) >= 11 is 1.58. The lowest BCUT2D eigenvalue weighted by Crippen LogP contribution is -2.59. The van der Waals surface area contributed by atoms with Crippen LogP contribution in [0.25, 0.3) is 43.1 Å². The molecule has 9 nitrogen and oxygen atoms in total. The number of aromatic nitrogens is 3. The van der Waals surface area contributed by atoms with Crippen LogP contribution in [-0.2, 0) is 11.2 Å². The second-order valence-corrected chi connectivity index (χ2v) is 16.2. The Kier molecular flexibility index (Phi) is 8.37. The van der Waals surface area contributed by atoms with Crippen molar-refractivity contribution in [3.05, 3.63) is 131 Å². The molecular weight excluding hydrogens is 724 g/mol. The van der Waals surface area contributed by atoms with E-state index in [1.807, 2.05) is 54.6 Å². The van der Waals surface area contributed by atoms with Crippen LogP contribution in [0.4, 0.5) is 15.9 Å². The van der Waals surface area contributed by atoms with Gasteiger partial charge in [0.1, 0.15) is 17.5 Å². The minimum absolute atomic E-state index is 0.107. The third-order valence-electron chi connectivity index (χ3n) is 11.5. The maximum atomic E-state index is 14.8. The van der Waals surface area contributed by atoms with Gasteiger partial charge in [0.2, 0.25) is 0 Å². The number of nitrogens with one attached hydrogen (secondary N) is 2. The van der Waals surface area contributed by atoms with Gasteiger partial charge in [0, 0.05) is 65.4 Å². The number of pyridine rings is 1. The predicted molar refractivity (Wildman–Crippen MR) is 219 cm³/mol. The van der Waals surface area contributed by atoms with Crippen LogP contribution in [0.1, 0.15) is 51.1 Å². The second kappa shape index (κ2) is 13.6. The van der Waals surface area contributed by atoms with Crippen LogP contribution >= 0.6 is 11.3 Å². The molecular formula is C45H37FN6O3S. The van der Waals surface area contributed by atoms with Crippen molar-refractivity contribution in [3.8, 4) is 21.1 Å². The topological polar surface area (TPSA) is 115 Å². The average molecular weight is 761 g/mol. The normalized spacial score (nSPS) is 16.0. The maximum Gasteiger partial charge on any atom is 0.258 e. The molecule has 3 aliphatic rings. The van der Waals surface area contributed by atoms with Crippen molar-refractivity contribution < 1.29 is 18.7 Å². The molecule has 1 amide bonds. The summed E-state index contributed by atoms with van der Waals surface area (Å²) in [6, 6.07) is 31.1. The van der Waals surface area contributed by atoms with Gasteiger partial charge in [-0.05, 0) is 91.1 Å². The molecule has 3 aromatic heterocycles. The van der Waals surface area contributed by atoms with Gasteiger partial charge in [0.25, 0.3) is 5.91 Å². The summed E-state index contributed by atoms with van der Waals surface area (Å²) < 4.78 is 20.4. The molecule has 0 radical (unpaired) electrons. The Balaban J connectivity index is 0.879. The highest BCUT2D eigenvalue weighted by Gasteiger charge is 2.45. The van der Waals surface area contributed by atoms with Gasteiger partial charge in [-0.25, -0.2) is 14.4 Å². The summed E-state index contributed by atoms with van der Waals surface area (Å²) in [4.78, 5) is 47.1. The van der Waals surface area contributed by atoms with E-state index in [4.69, 9.17) is 20.1 Å². The van der Waals surface area contributed by atoms with Crippen LogP contribution in [0, 0.1) is 16.6 Å². The van der Waals surface area contributed by atoms with E-state index in [1.165, 1.54) is 12.1 Å². The van der Waals surface area contributed by atoms with E-state index in [2.05, 4.69) is 16.0 Å². The Morgan fingerprint density at radius 1 is 0.875 bits per heavy atom. The van der Waals surface area contributed by atoms with Crippen LogP contribution in [0.15, 0.2) is 103 Å². The zero-order chi connectivity index (χ0) is 38.0. The van der Waals surface area contributed by atoms with Crippen LogP contribution in [-0.4, -0.2) is 65.2 Å². The van der Waals surface area contributed by atoms with Crippen LogP contribution in [0.2, 0.25) is 0 Å². The number of anilines is 2. The largest absolute Gasteiger partial charge is 0.381 e. The number of thiophene rings is 1. The van der Waals surface area contributed by atoms with Crippen LogP contribution < -0.4 is 9.80 Å². The number of ether oxygens (including phenoxy) is 1. The van der Waals surface area contributed by atoms with E-state index in [0.29, 0.717) is 41.2 Å². The van der Waals surface area contributed by atoms with Crippen LogP contribution in [0.5, 0.6) is 0 Å². The van der Waals surface area contributed by atoms with Crippen molar-refractivity contribution >= 4 is 62.2 Å². The van der Waals surface area contributed by atoms with Gasteiger partial charge in [-0.2, -0.15) is 0 Å². The zero-order valence-electron chi connectivity index (χ0n) is 30.5. The Hall–Kier alpha value is -6.04. The number of para-hydroxylation sites is 3. The third-order valence-corrected chi connectivity index (χ3v) is 12.7. The summed E-state index contributed by atoms with van der Waals surface area (Å²) in [6.45, 7) is 3.55. The first-order chi connectivity index (χ1) is 27.3. The lowest BCUT2D eigenvalue weighted by atomic mass is 9.73. The molecule has 6 heterocycles. The molecule has 0 saturated carbocycles. The summed E-state index contributed by atoms with van der Waals surface area (Å²) in [6.07, 6.45) is 2.48. The van der Waals surface area contributed by atoms with Gasteiger partial charge >= 0.3 is 0 Å². The molecule has 10 rings (SSSR count). The molecule has 0 aliphatic carbocycles. The van der Waals surface area contributed by atoms with E-state index >= 15 is 0 Å². The van der Waals surface area contributed by atoms with E-state index in [9.17, 15) is 14.0 Å². The third kappa shape index (κ3) is 6.07. The highest BCUT2D eigenvalue weighted by molar-refractivity contribution is 7.19. The van der Waals surface area contributed by atoms with E-state index < -0.39 is 5.82 Å². The van der Waals surface area contributed by atoms with Crippen molar-refractivity contribution in [2.75, 3.05) is 42.6 Å². The Labute approximate surface area is 326 Å². The fourth-order valence-corrected chi connectivity index (χ4v) is 9.62. The first-order valence-electron chi connectivity index (χ1n) is 18.9. The molecule has 11 heteroatoms. The molecule has 3 aliphatic heterocycles. The first-order valence-corrected chi connectivity index (χ1v) is 19.8. The van der Waals surface area contributed by atoms with E-state index in [1.54, 1.807) is 46.6 Å². The molecule has 2 N–H and O–H groups in total. The second-order valence-electron chi connectivity index (χ2n) is 15.1. The SMILES string of the molecule is N=C(CC(=O)c1cc2ccccc2nc1N1CC2(CCOCC2)C1)c1ccc(C(=O)N2CCc3cc(-c4nc5ccccc5[nH]4)sc3-c3ccc(F)cc32)cc1. The van der Waals surface area contributed by atoms with Gasteiger partial charge in [-0.15, -0.1) is 11.3 Å². The molecule has 278 valence electrons. The predicted octanol–water partition coefficient (Wildman–Crippen LogP) is 9.11. The molecule has 0 bridgehead atoms. The van der Waals surface area contributed by atoms with Crippen molar-refractivity contribution in [1.29, 1.82) is 5.41 Å². The van der Waals surface area contributed by atoms with Gasteiger partial charge in [-0.3, -0.25) is 9.59 Å². The molecule has 4 aromatic carbocycles. The number of nitrogens with zero attached hydrogens (tertiary/aromatic N) is 4. The monoisotopic (exact) mass is 760 g/mol. The molecule has 1 spiro atoms. The fourth-order valence-electron chi connectivity index (χ4n) is 8.43. The number of imidazole rings is 1. The molecule has 2 saturated heterocycles. The minimum Gasteiger partial charge on any atom is -0.381 e. The Bertz CT molecular complexity index is 2670. The summed E-state index contributed by atoms with van der Waals surface area (Å²) in [7, 11) is 0. The number of rotatable bonds is 7. The highest BCUT2D eigenvalue weighted by Crippen LogP contribution is 2.45. The number of carbonyl (C=O) groups excluding carboxylic acids is 2. The summed E-state index contributed by atoms with van der Waals surface area (Å²) in [5.74, 6) is 0.600. The number of hydrogen-bond acceptors (Lipinski definition) is 8. The van der Waals surface area contributed by atoms with Gasteiger partial charge < -0.3 is 24.9 Å². The number of halogens is 1. The van der Waals surface area contributed by atoms with Gasteiger partial charge in [-0.1, -0.05) is 42.5 Å². The van der Waals surface area contributed by atoms with E-state index in [0.717, 1.165) is 87.8 Å². The number of H-pyrrole nitrogens is 1. The fraction of sp³-hybridized carbons (Fsp3) is 0.222. The van der Waals surface area contributed by atoms with Crippen molar-refractivity contribution in [1.82, 2.24) is 15.0 Å². The molecule has 0 unspecified atom stereocenters. The lowest BCUT2D eigenvalue weighted by molar-refractivity contribution is -0.000494. The number of hydrogen-bond donors (Lipinski definition) is 2. The number of fused-ring (bicyclic) bond motifs is 5. The lowest BCUT2D eigenvalue weighted by Gasteiger charge is -2.53. The smallest absolute Gasteiger partial charge is 0.258 e. The number of ketones is 1. The summed E-state index contributed by atoms with van der Waals surface area (Å²) in [5.41, 5.74) is 6.91. The number of Topliss-reactive ketones (excluding diaryl/α,β-unsaturated/α-hetero) is 1. The number of carbonyl (C=O) groups is 2. The molecule has 2 fully saturated rings. The van der Waals surface area contributed by atoms with Gasteiger partial charge in [0.05, 0.1) is 39.1 Å². The minimum atomic E-state index is -0.422. The molecule has 7 aromatic rings. The van der Waals surface area contributed by atoms with Crippen molar-refractivity contribution in [2.24, 2.45) is 5.41 Å². The first kappa shape index (κ1) is 34.5. The van der Waals surface area contributed by atoms with Crippen molar-refractivity contribution in [3.63, 3.8) is 0 Å². The van der Waals surface area contributed by atoms with Gasteiger partial charge in [0.15, 0.2) is 5.78 Å². The van der Waals surface area contributed by atoms with Crippen LogP contribution in [0.3, 0.4) is 0 Å². The highest BCUT2D eigenvalue weighted by atomic mass is 32.1. The summed E-state index contributed by atoms with van der Waals surface area (Å²) in [5, 5.41) is 9.82. The standard InChI is InChI=1S/C45H37FN6O3S/c46-31-13-14-32-38(23-31)52(18-15-30-22-40(56-41(30)32)42-48-36-7-3-4-8-37(36)49-42)44(54)28-11-9-27(10-12-28)34(47)24-39(53)33-21-29-5-1-2-6-35(29)50-43(33)51-25-45(26-51)16-19-55-20-17-45/h1-14,21-23,47H,15-20,24-26H2,(H,48,49). The Morgan fingerprint density at radius 3 is 2.43 bits per heavy atom. The number of benzene rings is 4.